The van der Waals surface area contributed by atoms with Crippen LogP contribution < -0.4 is 0 Å². The van der Waals surface area contributed by atoms with Crippen molar-refractivity contribution >= 4 is 22.5 Å². The molecule has 0 radical (unpaired) electrons. The zero-order chi connectivity index (χ0) is 6.97. The molecule has 0 saturated heterocycles. The molecule has 0 atom stereocenters. The van der Waals surface area contributed by atoms with Gasteiger partial charge in [0.15, 0.2) is 0 Å². The summed E-state index contributed by atoms with van der Waals surface area (Å²) in [4.78, 5) is 0. The molecule has 50 valence electrons. The number of hydrogen-bond donors (Lipinski definition) is 0. The molecule has 0 saturated carbocycles. The quantitative estimate of drug-likeness (QED) is 0.546. The molecule has 0 unspecified atom stereocenters. The largest absolute Gasteiger partial charge is 0.267 e. The SMILES string of the molecule is Cln1cc2ccccc2c1. The molecule has 0 bridgehead atoms. The summed E-state index contributed by atoms with van der Waals surface area (Å²) in [6, 6.07) is 8.07. The molecule has 0 N–H and O–H groups in total. The third-order valence-electron chi connectivity index (χ3n) is 1.52. The fourth-order valence-electron chi connectivity index (χ4n) is 1.05. The first-order chi connectivity index (χ1) is 4.86. The van der Waals surface area contributed by atoms with E-state index in [1.54, 1.807) is 4.09 Å². The highest BCUT2D eigenvalue weighted by atomic mass is 35.5. The average molecular weight is 152 g/mol. The molecule has 0 aliphatic carbocycles. The van der Waals surface area contributed by atoms with Gasteiger partial charge >= 0.3 is 0 Å². The second-order valence-corrected chi connectivity index (χ2v) is 2.62. The second-order valence-electron chi connectivity index (χ2n) is 2.23. The Morgan fingerprint density at radius 3 is 2.00 bits per heavy atom. The average Bonchev–Trinajstić information content (AvgIpc) is 2.27. The van der Waals surface area contributed by atoms with Crippen LogP contribution in [0.15, 0.2) is 36.7 Å². The minimum Gasteiger partial charge on any atom is -0.267 e. The van der Waals surface area contributed by atoms with E-state index in [1.807, 2.05) is 36.7 Å². The number of nitrogens with zero attached hydrogens (tertiary/aromatic N) is 1. The molecule has 0 aliphatic heterocycles. The van der Waals surface area contributed by atoms with Gasteiger partial charge in [-0.2, -0.15) is 0 Å². The topological polar surface area (TPSA) is 4.93 Å². The van der Waals surface area contributed by atoms with Crippen molar-refractivity contribution < 1.29 is 0 Å². The molecule has 1 heterocycles. The Bertz CT molecular complexity index is 318. The monoisotopic (exact) mass is 151 g/mol. The van der Waals surface area contributed by atoms with E-state index >= 15 is 0 Å². The maximum Gasteiger partial charge on any atom is 0.0291 e. The number of fused-ring (bicyclic) bond motifs is 1. The Morgan fingerprint density at radius 1 is 1.00 bits per heavy atom. The van der Waals surface area contributed by atoms with Crippen LogP contribution in [0.4, 0.5) is 0 Å². The number of aromatic nitrogens is 1. The third kappa shape index (κ3) is 0.792. The summed E-state index contributed by atoms with van der Waals surface area (Å²) >= 11 is 5.70. The summed E-state index contributed by atoms with van der Waals surface area (Å²) in [5.41, 5.74) is 0. The molecule has 2 rings (SSSR count). The normalized spacial score (nSPS) is 10.5. The van der Waals surface area contributed by atoms with Crippen molar-refractivity contribution in [2.24, 2.45) is 0 Å². The van der Waals surface area contributed by atoms with Crippen molar-refractivity contribution in [3.8, 4) is 0 Å². The van der Waals surface area contributed by atoms with Crippen LogP contribution in [0.2, 0.25) is 0 Å². The lowest BCUT2D eigenvalue weighted by atomic mass is 10.2. The summed E-state index contributed by atoms with van der Waals surface area (Å²) in [6.07, 6.45) is 3.77. The van der Waals surface area contributed by atoms with Crippen molar-refractivity contribution in [2.75, 3.05) is 0 Å². The lowest BCUT2D eigenvalue weighted by Gasteiger charge is -1.81. The van der Waals surface area contributed by atoms with Crippen LogP contribution in [0.25, 0.3) is 10.8 Å². The van der Waals surface area contributed by atoms with Crippen molar-refractivity contribution in [2.45, 2.75) is 0 Å². The van der Waals surface area contributed by atoms with Gasteiger partial charge in [0.25, 0.3) is 0 Å². The van der Waals surface area contributed by atoms with Crippen LogP contribution in [0, 0.1) is 0 Å². The molecule has 2 heteroatoms. The molecular weight excluding hydrogens is 146 g/mol. The van der Waals surface area contributed by atoms with Crippen LogP contribution in [0.1, 0.15) is 0 Å². The van der Waals surface area contributed by atoms with Crippen LogP contribution >= 0.6 is 11.8 Å². The van der Waals surface area contributed by atoms with E-state index in [0.29, 0.717) is 0 Å². The van der Waals surface area contributed by atoms with Gasteiger partial charge < -0.3 is 0 Å². The Hall–Kier alpha value is -0.950. The van der Waals surface area contributed by atoms with Crippen molar-refractivity contribution in [1.82, 2.24) is 4.09 Å². The minimum absolute atomic E-state index is 1.18. The predicted molar refractivity (Wildman–Crippen MR) is 43.2 cm³/mol. The van der Waals surface area contributed by atoms with E-state index in [4.69, 9.17) is 11.8 Å². The Kier molecular flexibility index (Phi) is 1.18. The van der Waals surface area contributed by atoms with Gasteiger partial charge in [0, 0.05) is 34.9 Å². The van der Waals surface area contributed by atoms with Gasteiger partial charge in [0.05, 0.1) is 0 Å². The first-order valence-corrected chi connectivity index (χ1v) is 3.43. The minimum atomic E-state index is 1.18. The summed E-state index contributed by atoms with van der Waals surface area (Å²) < 4.78 is 1.55. The van der Waals surface area contributed by atoms with Crippen LogP contribution in [-0.4, -0.2) is 4.09 Å². The highest BCUT2D eigenvalue weighted by Crippen LogP contribution is 2.14. The highest BCUT2D eigenvalue weighted by molar-refractivity contribution is 6.16. The molecule has 1 aromatic heterocycles. The van der Waals surface area contributed by atoms with Gasteiger partial charge in [-0.15, -0.1) is 0 Å². The van der Waals surface area contributed by atoms with Crippen molar-refractivity contribution in [1.29, 1.82) is 0 Å². The van der Waals surface area contributed by atoms with Gasteiger partial charge in [0.1, 0.15) is 0 Å². The zero-order valence-corrected chi connectivity index (χ0v) is 6.05. The van der Waals surface area contributed by atoms with Gasteiger partial charge in [0.2, 0.25) is 0 Å². The fourth-order valence-corrected chi connectivity index (χ4v) is 1.26. The van der Waals surface area contributed by atoms with Gasteiger partial charge in [-0.05, 0) is 0 Å². The fraction of sp³-hybridized carbons (Fsp3) is 0. The van der Waals surface area contributed by atoms with E-state index in [0.717, 1.165) is 0 Å². The maximum absolute atomic E-state index is 5.70. The summed E-state index contributed by atoms with van der Waals surface area (Å²) in [7, 11) is 0. The standard InChI is InChI=1S/C8H6ClN/c9-10-5-7-3-1-2-4-8(7)6-10/h1-6H. The number of benzene rings is 1. The number of hydrogen-bond acceptors (Lipinski definition) is 0. The van der Waals surface area contributed by atoms with E-state index in [9.17, 15) is 0 Å². The molecule has 0 aliphatic rings. The third-order valence-corrected chi connectivity index (χ3v) is 1.72. The first kappa shape index (κ1) is 5.81. The van der Waals surface area contributed by atoms with Crippen LogP contribution in [0.5, 0.6) is 0 Å². The Labute approximate surface area is 63.9 Å². The molecular formula is C8H6ClN. The van der Waals surface area contributed by atoms with Crippen LogP contribution in [0.3, 0.4) is 0 Å². The van der Waals surface area contributed by atoms with E-state index in [1.165, 1.54) is 10.8 Å². The van der Waals surface area contributed by atoms with Gasteiger partial charge in [-0.3, -0.25) is 4.09 Å². The summed E-state index contributed by atoms with van der Waals surface area (Å²) in [5.74, 6) is 0. The lowest BCUT2D eigenvalue weighted by molar-refractivity contribution is 1.28. The maximum atomic E-state index is 5.70. The predicted octanol–water partition coefficient (Wildman–Crippen LogP) is 2.64. The highest BCUT2D eigenvalue weighted by Gasteiger charge is 1.92. The second kappa shape index (κ2) is 2.03. The zero-order valence-electron chi connectivity index (χ0n) is 5.29. The molecule has 1 aromatic carbocycles. The number of halogens is 1. The lowest BCUT2D eigenvalue weighted by Crippen LogP contribution is -1.64. The molecule has 2 aromatic rings. The van der Waals surface area contributed by atoms with E-state index in [2.05, 4.69) is 0 Å². The molecule has 1 nitrogen and oxygen atoms in total. The molecule has 0 fully saturated rings. The smallest absolute Gasteiger partial charge is 0.0291 e. The molecule has 0 amide bonds. The van der Waals surface area contributed by atoms with Gasteiger partial charge in [-0.1, -0.05) is 24.3 Å². The Balaban J connectivity index is 2.88. The summed E-state index contributed by atoms with van der Waals surface area (Å²) in [6.45, 7) is 0. The summed E-state index contributed by atoms with van der Waals surface area (Å²) in [5, 5.41) is 2.36. The van der Waals surface area contributed by atoms with Crippen molar-refractivity contribution in [3.63, 3.8) is 0 Å². The van der Waals surface area contributed by atoms with Gasteiger partial charge in [-0.25, -0.2) is 0 Å². The number of rotatable bonds is 0. The molecule has 10 heavy (non-hydrogen) atoms. The first-order valence-electron chi connectivity index (χ1n) is 3.09. The van der Waals surface area contributed by atoms with E-state index in [-0.39, 0.29) is 0 Å². The van der Waals surface area contributed by atoms with Crippen LogP contribution in [-0.2, 0) is 0 Å². The van der Waals surface area contributed by atoms with E-state index < -0.39 is 0 Å². The van der Waals surface area contributed by atoms with Crippen molar-refractivity contribution in [3.05, 3.63) is 36.7 Å². The molecule has 0 spiro atoms. The Morgan fingerprint density at radius 2 is 1.50 bits per heavy atom.